The van der Waals surface area contributed by atoms with Gasteiger partial charge in [0, 0.05) is 6.54 Å². The summed E-state index contributed by atoms with van der Waals surface area (Å²) in [5, 5.41) is 0. The van der Waals surface area contributed by atoms with Gasteiger partial charge < -0.3 is 5.73 Å². The fourth-order valence-corrected chi connectivity index (χ4v) is 1.45. The number of hydrogen-bond acceptors (Lipinski definition) is 1. The Morgan fingerprint density at radius 3 is 2.80 bits per heavy atom. The third kappa shape index (κ3) is 1.29. The van der Waals surface area contributed by atoms with Crippen molar-refractivity contribution < 1.29 is 0 Å². The summed E-state index contributed by atoms with van der Waals surface area (Å²) in [5.41, 5.74) is 8.37. The Labute approximate surface area is 62.6 Å². The highest BCUT2D eigenvalue weighted by molar-refractivity contribution is 5.30. The van der Waals surface area contributed by atoms with E-state index in [1.165, 1.54) is 11.1 Å². The van der Waals surface area contributed by atoms with Crippen molar-refractivity contribution in [3.8, 4) is 0 Å². The first-order chi connectivity index (χ1) is 4.75. The van der Waals surface area contributed by atoms with Crippen molar-refractivity contribution in [2.24, 2.45) is 11.7 Å². The molecule has 1 heteroatoms. The number of nitrogens with two attached hydrogens (primary N) is 1. The van der Waals surface area contributed by atoms with Gasteiger partial charge in [0.05, 0.1) is 0 Å². The first kappa shape index (κ1) is 7.55. The van der Waals surface area contributed by atoms with E-state index in [4.69, 9.17) is 5.73 Å². The topological polar surface area (TPSA) is 26.0 Å². The average Bonchev–Trinajstić information content (AvgIpc) is 1.88. The van der Waals surface area contributed by atoms with E-state index in [9.17, 15) is 0 Å². The molecule has 0 aromatic carbocycles. The molecule has 0 aromatic heterocycles. The van der Waals surface area contributed by atoms with Crippen molar-refractivity contribution >= 4 is 0 Å². The minimum absolute atomic E-state index is 0.662. The Morgan fingerprint density at radius 2 is 2.40 bits per heavy atom. The normalized spacial score (nSPS) is 25.7. The quantitative estimate of drug-likeness (QED) is 0.586. The number of rotatable bonds is 1. The van der Waals surface area contributed by atoms with Gasteiger partial charge in [-0.1, -0.05) is 30.2 Å². The van der Waals surface area contributed by atoms with Crippen LogP contribution in [0.5, 0.6) is 0 Å². The molecule has 1 aliphatic carbocycles. The zero-order valence-corrected chi connectivity index (χ0v) is 6.72. The predicted octanol–water partition coefficient (Wildman–Crippen LogP) is 1.86. The SMILES string of the molecule is CC1=C(CN)C(C)CC=C1. The largest absolute Gasteiger partial charge is 0.327 e. The summed E-state index contributed by atoms with van der Waals surface area (Å²) >= 11 is 0. The monoisotopic (exact) mass is 137 g/mol. The average molecular weight is 137 g/mol. The fraction of sp³-hybridized carbons (Fsp3) is 0.556. The van der Waals surface area contributed by atoms with Crippen LogP contribution in [0.3, 0.4) is 0 Å². The molecule has 0 saturated heterocycles. The van der Waals surface area contributed by atoms with E-state index in [-0.39, 0.29) is 0 Å². The van der Waals surface area contributed by atoms with E-state index >= 15 is 0 Å². The molecule has 0 amide bonds. The van der Waals surface area contributed by atoms with Gasteiger partial charge >= 0.3 is 0 Å². The molecule has 1 atom stereocenters. The third-order valence-corrected chi connectivity index (χ3v) is 2.18. The molecule has 0 heterocycles. The van der Waals surface area contributed by atoms with Crippen LogP contribution in [0.25, 0.3) is 0 Å². The molecule has 1 unspecified atom stereocenters. The Balaban J connectivity index is 2.83. The highest BCUT2D eigenvalue weighted by atomic mass is 14.5. The second-order valence-electron chi connectivity index (χ2n) is 2.95. The second-order valence-corrected chi connectivity index (χ2v) is 2.95. The lowest BCUT2D eigenvalue weighted by atomic mass is 9.89. The van der Waals surface area contributed by atoms with Crippen molar-refractivity contribution in [3.63, 3.8) is 0 Å². The Hall–Kier alpha value is -0.560. The molecule has 0 spiro atoms. The molecular weight excluding hydrogens is 122 g/mol. The molecular formula is C9H15N. The van der Waals surface area contributed by atoms with Crippen LogP contribution in [0, 0.1) is 5.92 Å². The molecule has 0 saturated carbocycles. The number of allylic oxidation sites excluding steroid dienone is 3. The van der Waals surface area contributed by atoms with Crippen LogP contribution in [0.1, 0.15) is 20.3 Å². The van der Waals surface area contributed by atoms with Crippen LogP contribution >= 0.6 is 0 Å². The minimum Gasteiger partial charge on any atom is -0.327 e. The summed E-state index contributed by atoms with van der Waals surface area (Å²) in [7, 11) is 0. The maximum Gasteiger partial charge on any atom is 0.0145 e. The van der Waals surface area contributed by atoms with Gasteiger partial charge in [-0.25, -0.2) is 0 Å². The van der Waals surface area contributed by atoms with Crippen LogP contribution in [-0.4, -0.2) is 6.54 Å². The first-order valence-corrected chi connectivity index (χ1v) is 3.82. The highest BCUT2D eigenvalue weighted by Crippen LogP contribution is 2.23. The van der Waals surface area contributed by atoms with Crippen LogP contribution in [0.2, 0.25) is 0 Å². The summed E-state index contributed by atoms with van der Waals surface area (Å²) < 4.78 is 0. The Morgan fingerprint density at radius 1 is 1.70 bits per heavy atom. The molecule has 0 aromatic rings. The van der Waals surface area contributed by atoms with E-state index < -0.39 is 0 Å². The zero-order chi connectivity index (χ0) is 7.56. The molecule has 0 bridgehead atoms. The van der Waals surface area contributed by atoms with Crippen LogP contribution in [0.15, 0.2) is 23.3 Å². The summed E-state index contributed by atoms with van der Waals surface area (Å²) in [6.07, 6.45) is 5.55. The van der Waals surface area contributed by atoms with Gasteiger partial charge in [-0.3, -0.25) is 0 Å². The molecule has 2 N–H and O–H groups in total. The van der Waals surface area contributed by atoms with E-state index in [2.05, 4.69) is 26.0 Å². The Kier molecular flexibility index (Phi) is 2.28. The van der Waals surface area contributed by atoms with Crippen LogP contribution in [0.4, 0.5) is 0 Å². The standard InChI is InChI=1S/C9H15N/c1-7-4-3-5-8(2)9(7)6-10/h3-4,8H,5-6,10H2,1-2H3. The Bertz CT molecular complexity index is 177. The third-order valence-electron chi connectivity index (χ3n) is 2.18. The van der Waals surface area contributed by atoms with Crippen molar-refractivity contribution in [2.45, 2.75) is 20.3 Å². The maximum atomic E-state index is 5.59. The molecule has 0 radical (unpaired) electrons. The second kappa shape index (κ2) is 3.02. The van der Waals surface area contributed by atoms with Crippen molar-refractivity contribution in [2.75, 3.05) is 6.54 Å². The molecule has 56 valence electrons. The lowest BCUT2D eigenvalue weighted by molar-refractivity contribution is 0.661. The summed E-state index contributed by atoms with van der Waals surface area (Å²) in [4.78, 5) is 0. The van der Waals surface area contributed by atoms with Gasteiger partial charge in [-0.05, 0) is 19.3 Å². The molecule has 1 aliphatic rings. The predicted molar refractivity (Wildman–Crippen MR) is 44.7 cm³/mol. The molecule has 10 heavy (non-hydrogen) atoms. The van der Waals surface area contributed by atoms with Crippen LogP contribution in [-0.2, 0) is 0 Å². The van der Waals surface area contributed by atoms with E-state index in [0.717, 1.165) is 13.0 Å². The van der Waals surface area contributed by atoms with E-state index in [1.807, 2.05) is 0 Å². The lowest BCUT2D eigenvalue weighted by Gasteiger charge is -2.18. The minimum atomic E-state index is 0.662. The van der Waals surface area contributed by atoms with Gasteiger partial charge in [0.1, 0.15) is 0 Å². The number of hydrogen-bond donors (Lipinski definition) is 1. The van der Waals surface area contributed by atoms with E-state index in [0.29, 0.717) is 5.92 Å². The van der Waals surface area contributed by atoms with E-state index in [1.54, 1.807) is 0 Å². The highest BCUT2D eigenvalue weighted by Gasteiger charge is 2.10. The van der Waals surface area contributed by atoms with Gasteiger partial charge in [-0.2, -0.15) is 0 Å². The molecule has 0 fully saturated rings. The van der Waals surface area contributed by atoms with Crippen LogP contribution < -0.4 is 5.73 Å². The lowest BCUT2D eigenvalue weighted by Crippen LogP contribution is -2.13. The molecule has 1 nitrogen and oxygen atoms in total. The molecule has 1 rings (SSSR count). The van der Waals surface area contributed by atoms with Crippen molar-refractivity contribution in [1.82, 2.24) is 0 Å². The van der Waals surface area contributed by atoms with Crippen molar-refractivity contribution in [1.29, 1.82) is 0 Å². The molecule has 0 aliphatic heterocycles. The summed E-state index contributed by atoms with van der Waals surface area (Å²) in [5.74, 6) is 0.662. The van der Waals surface area contributed by atoms with Crippen molar-refractivity contribution in [3.05, 3.63) is 23.3 Å². The summed E-state index contributed by atoms with van der Waals surface area (Å²) in [6.45, 7) is 5.08. The van der Waals surface area contributed by atoms with Gasteiger partial charge in [0.25, 0.3) is 0 Å². The fourth-order valence-electron chi connectivity index (χ4n) is 1.45. The summed E-state index contributed by atoms with van der Waals surface area (Å²) in [6, 6.07) is 0. The first-order valence-electron chi connectivity index (χ1n) is 3.82. The maximum absolute atomic E-state index is 5.59. The smallest absolute Gasteiger partial charge is 0.0145 e. The van der Waals surface area contributed by atoms with Gasteiger partial charge in [0.2, 0.25) is 0 Å². The zero-order valence-electron chi connectivity index (χ0n) is 6.72. The van der Waals surface area contributed by atoms with Gasteiger partial charge in [0.15, 0.2) is 0 Å². The van der Waals surface area contributed by atoms with Gasteiger partial charge in [-0.15, -0.1) is 0 Å².